The first-order chi connectivity index (χ1) is 4.41. The SMILES string of the molecule is C.[Br-].[CH-]=C.[CH-]=C.[CH-]=C.[Cl][Zn][Cl].[Mg+2].[Zn+2]. The van der Waals surface area contributed by atoms with Crippen molar-refractivity contribution >= 4 is 42.4 Å². The minimum Gasteiger partial charge on any atom is 2.00 e. The Morgan fingerprint density at radius 3 is 0.846 bits per heavy atom. The number of rotatable bonds is 0. The molecule has 0 atom stereocenters. The third kappa shape index (κ3) is 411. The Labute approximate surface area is 139 Å². The van der Waals surface area contributed by atoms with Crippen LogP contribution in [0.2, 0.25) is 0 Å². The molecule has 0 bridgehead atoms. The zero-order valence-electron chi connectivity index (χ0n) is 7.11. The molecule has 0 N–H and O–H groups in total. The first kappa shape index (κ1) is 58.7. The zero-order chi connectivity index (χ0) is 8.71. The van der Waals surface area contributed by atoms with Crippen molar-refractivity contribution in [3.63, 3.8) is 0 Å². The summed E-state index contributed by atoms with van der Waals surface area (Å²) < 4.78 is 0. The molecule has 0 radical (unpaired) electrons. The quantitative estimate of drug-likeness (QED) is 0.407. The standard InChI is InChI=1S/3C2H3.CH4.BrH.2ClH.Mg.2Zn/c3*1-2;;;;;;;/h3*1H,2H2;1H4;3*1H;;;/q3*-1;;;;;3*+2/p-3. The first-order valence-corrected chi connectivity index (χ1v) is 9.56. The molecule has 0 aromatic rings. The van der Waals surface area contributed by atoms with E-state index in [0.717, 1.165) is 0 Å². The summed E-state index contributed by atoms with van der Waals surface area (Å²) in [5.74, 6) is 0. The molecule has 0 spiro atoms. The average Bonchev–Trinajstić information content (AvgIpc) is 2.01. The summed E-state index contributed by atoms with van der Waals surface area (Å²) in [6.07, 6.45) is 0. The van der Waals surface area contributed by atoms with Gasteiger partial charge in [0.15, 0.2) is 0 Å². The van der Waals surface area contributed by atoms with Gasteiger partial charge in [-0.2, -0.15) is 0 Å². The van der Waals surface area contributed by atoms with Crippen molar-refractivity contribution in [2.45, 2.75) is 7.43 Å². The van der Waals surface area contributed by atoms with Crippen molar-refractivity contribution in [1.82, 2.24) is 0 Å². The Morgan fingerprint density at radius 1 is 0.846 bits per heavy atom. The summed E-state index contributed by atoms with van der Waals surface area (Å²) in [7, 11) is 9.90. The van der Waals surface area contributed by atoms with Crippen LogP contribution >= 0.6 is 19.4 Å². The number of hydrogen-bond acceptors (Lipinski definition) is 0. The molecule has 0 aliphatic carbocycles. The Morgan fingerprint density at radius 2 is 0.846 bits per heavy atom. The van der Waals surface area contributed by atoms with Crippen LogP contribution in [-0.2, 0) is 34.6 Å². The second kappa shape index (κ2) is 233. The average molecular weight is 403 g/mol. The molecular weight excluding hydrogens is 390 g/mol. The minimum atomic E-state index is -0.931. The maximum Gasteiger partial charge on any atom is 2.00 e. The van der Waals surface area contributed by atoms with Crippen LogP contribution < -0.4 is 17.0 Å². The van der Waals surface area contributed by atoms with Crippen LogP contribution in [0.15, 0.2) is 19.7 Å². The van der Waals surface area contributed by atoms with E-state index in [0.29, 0.717) is 0 Å². The van der Waals surface area contributed by atoms with Gasteiger partial charge in [-0.1, -0.05) is 7.43 Å². The molecule has 0 fully saturated rings. The summed E-state index contributed by atoms with van der Waals surface area (Å²) >= 11 is -0.931. The third-order valence-corrected chi connectivity index (χ3v) is 0. The van der Waals surface area contributed by atoms with Gasteiger partial charge in [-0.15, -0.1) is 0 Å². The molecule has 68 valence electrons. The van der Waals surface area contributed by atoms with Crippen LogP contribution in [0, 0.1) is 19.7 Å². The summed E-state index contributed by atoms with van der Waals surface area (Å²) in [5.41, 5.74) is 0. The van der Waals surface area contributed by atoms with E-state index in [2.05, 4.69) is 39.5 Å². The van der Waals surface area contributed by atoms with Gasteiger partial charge in [0, 0.05) is 0 Å². The summed E-state index contributed by atoms with van der Waals surface area (Å²) in [4.78, 5) is 0. The maximum absolute atomic E-state index is 4.95. The van der Waals surface area contributed by atoms with Crippen LogP contribution in [0.5, 0.6) is 0 Å². The maximum atomic E-state index is 4.95. The Balaban J connectivity index is -0.00000000394. The monoisotopic (exact) mass is 398 g/mol. The van der Waals surface area contributed by atoms with Crippen LogP contribution in [-0.4, -0.2) is 23.1 Å². The van der Waals surface area contributed by atoms with Gasteiger partial charge in [-0.3, -0.25) is 19.7 Å². The molecule has 0 aromatic heterocycles. The van der Waals surface area contributed by atoms with Crippen LogP contribution in [0.25, 0.3) is 0 Å². The molecule has 0 aliphatic rings. The van der Waals surface area contributed by atoms with Gasteiger partial charge < -0.3 is 36.7 Å². The molecule has 0 unspecified atom stereocenters. The fraction of sp³-hybridized carbons (Fsp3) is 0.143. The molecule has 0 heterocycles. The normalized spacial score (nSPS) is 1.69. The molecule has 0 saturated carbocycles. The summed E-state index contributed by atoms with van der Waals surface area (Å²) in [6.45, 7) is 21.0. The zero-order valence-corrected chi connectivity index (χ0v) is 17.6. The number of hydrogen-bond donors (Lipinski definition) is 0. The predicted octanol–water partition coefficient (Wildman–Crippen LogP) is 0.449. The largest absolute Gasteiger partial charge is 2.00 e. The van der Waals surface area contributed by atoms with Crippen molar-refractivity contribution in [2.24, 2.45) is 0 Å². The topological polar surface area (TPSA) is 0 Å². The minimum absolute atomic E-state index is 0. The Hall–Kier alpha value is 2.29. The van der Waals surface area contributed by atoms with Crippen molar-refractivity contribution in [3.8, 4) is 0 Å². The molecule has 0 saturated heterocycles. The van der Waals surface area contributed by atoms with Gasteiger partial charge in [-0.25, -0.2) is 0 Å². The van der Waals surface area contributed by atoms with E-state index >= 15 is 0 Å². The van der Waals surface area contributed by atoms with E-state index in [1.165, 1.54) is 0 Å². The van der Waals surface area contributed by atoms with E-state index in [1.54, 1.807) is 0 Å². The van der Waals surface area contributed by atoms with Crippen molar-refractivity contribution in [1.29, 1.82) is 0 Å². The van der Waals surface area contributed by atoms with Gasteiger partial charge in [-0.05, 0) is 0 Å². The van der Waals surface area contributed by atoms with Gasteiger partial charge in [0.05, 0.1) is 0 Å². The molecule has 13 heavy (non-hydrogen) atoms. The summed E-state index contributed by atoms with van der Waals surface area (Å²) in [5, 5.41) is 0. The van der Waals surface area contributed by atoms with Crippen LogP contribution in [0.1, 0.15) is 7.43 Å². The smallest absolute Gasteiger partial charge is 2.00 e. The first-order valence-electron chi connectivity index (χ1n) is 1.76. The second-order valence-electron chi connectivity index (χ2n) is 0.101. The van der Waals surface area contributed by atoms with E-state index in [9.17, 15) is 0 Å². The molecule has 0 rings (SSSR count). The van der Waals surface area contributed by atoms with Crippen LogP contribution in [0.4, 0.5) is 0 Å². The van der Waals surface area contributed by atoms with E-state index in [4.69, 9.17) is 19.4 Å². The van der Waals surface area contributed by atoms with Crippen molar-refractivity contribution < 1.29 is 51.6 Å². The molecule has 6 heteroatoms. The van der Waals surface area contributed by atoms with E-state index in [1.807, 2.05) is 0 Å². The van der Waals surface area contributed by atoms with Crippen LogP contribution in [0.3, 0.4) is 0 Å². The fourth-order valence-electron chi connectivity index (χ4n) is 0. The molecule has 0 amide bonds. The van der Waals surface area contributed by atoms with Crippen molar-refractivity contribution in [3.05, 3.63) is 39.5 Å². The Bertz CT molecular complexity index is 35.7. The van der Waals surface area contributed by atoms with Gasteiger partial charge >= 0.3 is 77.1 Å². The van der Waals surface area contributed by atoms with Gasteiger partial charge in [0.25, 0.3) is 0 Å². The van der Waals surface area contributed by atoms with Gasteiger partial charge in [0.1, 0.15) is 0 Å². The second-order valence-corrected chi connectivity index (χ2v) is 4.72. The van der Waals surface area contributed by atoms with Crippen molar-refractivity contribution in [2.75, 3.05) is 0 Å². The molecule has 0 aromatic carbocycles. The van der Waals surface area contributed by atoms with Gasteiger partial charge in [0.2, 0.25) is 0 Å². The van der Waals surface area contributed by atoms with E-state index < -0.39 is 15.1 Å². The number of halogens is 3. The third-order valence-electron chi connectivity index (χ3n) is 0. The van der Waals surface area contributed by atoms with E-state index in [-0.39, 0.29) is 66.9 Å². The summed E-state index contributed by atoms with van der Waals surface area (Å²) in [6, 6.07) is 0. The molecule has 0 aliphatic heterocycles. The molecule has 0 nitrogen and oxygen atoms in total. The Kier molecular flexibility index (Phi) is 1050. The fourth-order valence-corrected chi connectivity index (χ4v) is 0. The molecular formula is C7H13BrCl2MgZn2. The predicted molar refractivity (Wildman–Crippen MR) is 54.0 cm³/mol.